The van der Waals surface area contributed by atoms with E-state index in [4.69, 9.17) is 10.0 Å². The van der Waals surface area contributed by atoms with Gasteiger partial charge in [0.2, 0.25) is 0 Å². The molecule has 0 unspecified atom stereocenters. The summed E-state index contributed by atoms with van der Waals surface area (Å²) < 4.78 is 0.783. The van der Waals surface area contributed by atoms with Gasteiger partial charge in [-0.15, -0.1) is 0 Å². The van der Waals surface area contributed by atoms with Crippen molar-refractivity contribution >= 4 is 28.6 Å². The van der Waals surface area contributed by atoms with E-state index in [1.54, 1.807) is 12.1 Å². The van der Waals surface area contributed by atoms with Crippen LogP contribution in [0.15, 0.2) is 22.8 Å². The average molecular weight is 202 g/mol. The SMILES string of the molecule is OB(O)c1cc(Br)ccn1. The minimum Gasteiger partial charge on any atom is -0.422 e. The zero-order valence-corrected chi connectivity index (χ0v) is 6.62. The molecule has 0 aromatic carbocycles. The van der Waals surface area contributed by atoms with Crippen LogP contribution < -0.4 is 5.59 Å². The molecule has 5 heteroatoms. The molecular weight excluding hydrogens is 197 g/mol. The van der Waals surface area contributed by atoms with Gasteiger partial charge < -0.3 is 10.0 Å². The summed E-state index contributed by atoms with van der Waals surface area (Å²) in [6, 6.07) is 3.26. The highest BCUT2D eigenvalue weighted by molar-refractivity contribution is 9.10. The van der Waals surface area contributed by atoms with Crippen LogP contribution in [0.1, 0.15) is 0 Å². The number of aromatic nitrogens is 1. The van der Waals surface area contributed by atoms with Crippen molar-refractivity contribution in [3.05, 3.63) is 22.8 Å². The van der Waals surface area contributed by atoms with E-state index in [1.807, 2.05) is 0 Å². The second-order valence-corrected chi connectivity index (χ2v) is 2.69. The molecule has 1 aromatic rings. The first-order valence-corrected chi connectivity index (χ1v) is 3.47. The molecule has 1 aromatic heterocycles. The third kappa shape index (κ3) is 1.80. The van der Waals surface area contributed by atoms with E-state index in [0.29, 0.717) is 0 Å². The summed E-state index contributed by atoms with van der Waals surface area (Å²) in [6.07, 6.45) is 1.50. The molecular formula is C5H5BBrNO2. The van der Waals surface area contributed by atoms with Gasteiger partial charge in [-0.2, -0.15) is 0 Å². The quantitative estimate of drug-likeness (QED) is 0.604. The van der Waals surface area contributed by atoms with Crippen molar-refractivity contribution in [3.8, 4) is 0 Å². The fourth-order valence-electron chi connectivity index (χ4n) is 0.562. The van der Waals surface area contributed by atoms with E-state index in [-0.39, 0.29) is 5.59 Å². The van der Waals surface area contributed by atoms with Gasteiger partial charge in [0.05, 0.1) is 5.59 Å². The highest BCUT2D eigenvalue weighted by atomic mass is 79.9. The Balaban J connectivity index is 2.96. The Bertz CT molecular complexity index is 231. The summed E-state index contributed by atoms with van der Waals surface area (Å²) >= 11 is 3.17. The van der Waals surface area contributed by atoms with Crippen LogP contribution in [-0.2, 0) is 0 Å². The number of halogens is 1. The average Bonchev–Trinajstić information content (AvgIpc) is 1.88. The van der Waals surface area contributed by atoms with Gasteiger partial charge in [-0.25, -0.2) is 0 Å². The minimum absolute atomic E-state index is 0.245. The van der Waals surface area contributed by atoms with Crippen molar-refractivity contribution in [2.24, 2.45) is 0 Å². The second kappa shape index (κ2) is 3.14. The molecule has 2 N–H and O–H groups in total. The molecule has 0 amide bonds. The van der Waals surface area contributed by atoms with Crippen molar-refractivity contribution in [1.29, 1.82) is 0 Å². The Hall–Kier alpha value is -0.385. The van der Waals surface area contributed by atoms with E-state index in [0.717, 1.165) is 4.47 Å². The normalized spacial score (nSPS) is 9.50. The lowest BCUT2D eigenvalue weighted by Crippen LogP contribution is -2.32. The zero-order chi connectivity index (χ0) is 7.56. The Morgan fingerprint density at radius 1 is 1.50 bits per heavy atom. The monoisotopic (exact) mass is 201 g/mol. The van der Waals surface area contributed by atoms with E-state index < -0.39 is 7.12 Å². The van der Waals surface area contributed by atoms with Gasteiger partial charge in [0.25, 0.3) is 0 Å². The molecule has 1 heterocycles. The van der Waals surface area contributed by atoms with Gasteiger partial charge >= 0.3 is 7.12 Å². The van der Waals surface area contributed by atoms with Gasteiger partial charge in [0.15, 0.2) is 0 Å². The Morgan fingerprint density at radius 2 is 2.20 bits per heavy atom. The molecule has 0 spiro atoms. The van der Waals surface area contributed by atoms with Crippen LogP contribution in [0.4, 0.5) is 0 Å². The van der Waals surface area contributed by atoms with Crippen molar-refractivity contribution in [2.45, 2.75) is 0 Å². The summed E-state index contributed by atoms with van der Waals surface area (Å²) in [5, 5.41) is 17.2. The lowest BCUT2D eigenvalue weighted by atomic mass is 9.86. The van der Waals surface area contributed by atoms with Gasteiger partial charge in [0, 0.05) is 10.7 Å². The molecule has 0 atom stereocenters. The molecule has 0 bridgehead atoms. The molecule has 1 rings (SSSR count). The van der Waals surface area contributed by atoms with Gasteiger partial charge in [-0.1, -0.05) is 15.9 Å². The molecule has 0 aliphatic rings. The van der Waals surface area contributed by atoms with E-state index in [2.05, 4.69) is 20.9 Å². The lowest BCUT2D eigenvalue weighted by molar-refractivity contribution is 0.424. The first-order valence-electron chi connectivity index (χ1n) is 2.68. The third-order valence-electron chi connectivity index (χ3n) is 1.01. The summed E-state index contributed by atoms with van der Waals surface area (Å²) in [7, 11) is -1.49. The maximum Gasteiger partial charge on any atom is 0.508 e. The molecule has 0 saturated carbocycles. The number of pyridine rings is 1. The van der Waals surface area contributed by atoms with Crippen LogP contribution in [0.25, 0.3) is 0 Å². The Morgan fingerprint density at radius 3 is 2.60 bits per heavy atom. The summed E-state index contributed by atoms with van der Waals surface area (Å²) in [5.41, 5.74) is 0.245. The first-order chi connectivity index (χ1) is 4.70. The fourth-order valence-corrected chi connectivity index (χ4v) is 0.915. The number of hydrogen-bond acceptors (Lipinski definition) is 3. The smallest absolute Gasteiger partial charge is 0.422 e. The van der Waals surface area contributed by atoms with Crippen molar-refractivity contribution in [2.75, 3.05) is 0 Å². The summed E-state index contributed by atoms with van der Waals surface area (Å²) in [5.74, 6) is 0. The number of hydrogen-bond donors (Lipinski definition) is 2. The van der Waals surface area contributed by atoms with E-state index in [9.17, 15) is 0 Å². The van der Waals surface area contributed by atoms with Crippen molar-refractivity contribution in [3.63, 3.8) is 0 Å². The Kier molecular flexibility index (Phi) is 2.42. The lowest BCUT2D eigenvalue weighted by Gasteiger charge is -1.96. The Labute approximate surface area is 67.0 Å². The minimum atomic E-state index is -1.49. The molecule has 52 valence electrons. The van der Waals surface area contributed by atoms with Crippen LogP contribution in [0, 0.1) is 0 Å². The largest absolute Gasteiger partial charge is 0.508 e. The van der Waals surface area contributed by atoms with Crippen LogP contribution in [-0.4, -0.2) is 22.2 Å². The van der Waals surface area contributed by atoms with E-state index >= 15 is 0 Å². The maximum absolute atomic E-state index is 8.62. The second-order valence-electron chi connectivity index (χ2n) is 1.77. The van der Waals surface area contributed by atoms with Crippen LogP contribution >= 0.6 is 15.9 Å². The molecule has 0 aliphatic heterocycles. The third-order valence-corrected chi connectivity index (χ3v) is 1.50. The maximum atomic E-state index is 8.62. The zero-order valence-electron chi connectivity index (χ0n) is 5.03. The van der Waals surface area contributed by atoms with Crippen LogP contribution in [0.5, 0.6) is 0 Å². The number of nitrogens with zero attached hydrogens (tertiary/aromatic N) is 1. The highest BCUT2D eigenvalue weighted by Gasteiger charge is 2.11. The van der Waals surface area contributed by atoms with E-state index in [1.165, 1.54) is 6.20 Å². The highest BCUT2D eigenvalue weighted by Crippen LogP contribution is 2.03. The van der Waals surface area contributed by atoms with Crippen molar-refractivity contribution < 1.29 is 10.0 Å². The fraction of sp³-hybridized carbons (Fsp3) is 0. The standard InChI is InChI=1S/C5H5BBrNO2/c7-4-1-2-8-5(3-4)6(9)10/h1-3,9-10H. The first kappa shape index (κ1) is 7.72. The van der Waals surface area contributed by atoms with Crippen LogP contribution in [0.3, 0.4) is 0 Å². The molecule has 0 saturated heterocycles. The predicted octanol–water partition coefficient (Wildman–Crippen LogP) is -0.476. The molecule has 10 heavy (non-hydrogen) atoms. The summed E-state index contributed by atoms with van der Waals surface area (Å²) in [4.78, 5) is 3.71. The van der Waals surface area contributed by atoms with Gasteiger partial charge in [0.1, 0.15) is 0 Å². The topological polar surface area (TPSA) is 53.4 Å². The summed E-state index contributed by atoms with van der Waals surface area (Å²) in [6.45, 7) is 0. The van der Waals surface area contributed by atoms with Crippen LogP contribution in [0.2, 0.25) is 0 Å². The molecule has 0 radical (unpaired) electrons. The van der Waals surface area contributed by atoms with Gasteiger partial charge in [-0.05, 0) is 12.1 Å². The van der Waals surface area contributed by atoms with Gasteiger partial charge in [-0.3, -0.25) is 4.98 Å². The predicted molar refractivity (Wildman–Crippen MR) is 41.8 cm³/mol. The van der Waals surface area contributed by atoms with Crippen molar-refractivity contribution in [1.82, 2.24) is 4.98 Å². The molecule has 0 aliphatic carbocycles. The molecule has 0 fully saturated rings. The molecule has 3 nitrogen and oxygen atoms in total. The number of rotatable bonds is 1.